The smallest absolute Gasteiger partial charge is 0.408 e. The van der Waals surface area contributed by atoms with E-state index in [1.807, 2.05) is 0 Å². The van der Waals surface area contributed by atoms with Crippen molar-refractivity contribution in [1.82, 2.24) is 4.57 Å². The van der Waals surface area contributed by atoms with Crippen molar-refractivity contribution in [2.24, 2.45) is 0 Å². The summed E-state index contributed by atoms with van der Waals surface area (Å²) in [5.41, 5.74) is 0.865. The number of aromatic nitrogens is 1. The third kappa shape index (κ3) is 1.23. The second-order valence-corrected chi connectivity index (χ2v) is 2.87. The first-order chi connectivity index (χ1) is 6.74. The van der Waals surface area contributed by atoms with Gasteiger partial charge in [0.15, 0.2) is 11.8 Å². The first-order valence-electron chi connectivity index (χ1n) is 4.13. The topological polar surface area (TPSA) is 75.6 Å². The quantitative estimate of drug-likeness (QED) is 0.711. The summed E-state index contributed by atoms with van der Waals surface area (Å²) in [7, 11) is 0. The highest BCUT2D eigenvalue weighted by atomic mass is 16.4. The molecule has 0 aliphatic rings. The molecular weight excluding hydrogens is 186 g/mol. The summed E-state index contributed by atoms with van der Waals surface area (Å²) in [5, 5.41) is 18.1. The first kappa shape index (κ1) is 8.98. The van der Waals surface area contributed by atoms with Gasteiger partial charge in [-0.1, -0.05) is 12.1 Å². The van der Waals surface area contributed by atoms with E-state index < -0.39 is 18.6 Å². The van der Waals surface area contributed by atoms with Gasteiger partial charge in [0.05, 0.1) is 12.1 Å². The molecule has 1 aromatic heterocycles. The van der Waals surface area contributed by atoms with Gasteiger partial charge in [0, 0.05) is 0 Å². The third-order valence-electron chi connectivity index (χ3n) is 1.98. The van der Waals surface area contributed by atoms with Crippen molar-refractivity contribution in [1.29, 1.82) is 0 Å². The standard InChI is InChI=1S/C9H9NO4/c11-5-8(12)10-6-3-1-2-4-7(6)14-9(10)13/h1-4,8,11-12H,5H2. The zero-order valence-electron chi connectivity index (χ0n) is 7.25. The van der Waals surface area contributed by atoms with Crippen LogP contribution in [0.1, 0.15) is 6.23 Å². The minimum Gasteiger partial charge on any atom is -0.408 e. The maximum absolute atomic E-state index is 11.3. The summed E-state index contributed by atoms with van der Waals surface area (Å²) < 4.78 is 5.87. The van der Waals surface area contributed by atoms with Gasteiger partial charge in [0.1, 0.15) is 0 Å². The molecule has 14 heavy (non-hydrogen) atoms. The van der Waals surface area contributed by atoms with Crippen LogP contribution in [-0.4, -0.2) is 21.4 Å². The molecule has 0 saturated carbocycles. The first-order valence-corrected chi connectivity index (χ1v) is 4.13. The van der Waals surface area contributed by atoms with Crippen molar-refractivity contribution in [3.8, 4) is 0 Å². The van der Waals surface area contributed by atoms with Crippen LogP contribution in [0.2, 0.25) is 0 Å². The Hall–Kier alpha value is -1.59. The van der Waals surface area contributed by atoms with Gasteiger partial charge in [0.2, 0.25) is 0 Å². The lowest BCUT2D eigenvalue weighted by molar-refractivity contribution is 0.0371. The Kier molecular flexibility index (Phi) is 2.11. The summed E-state index contributed by atoms with van der Waals surface area (Å²) in [6.07, 6.45) is -1.26. The largest absolute Gasteiger partial charge is 0.422 e. The highest BCUT2D eigenvalue weighted by molar-refractivity contribution is 5.72. The number of aliphatic hydroxyl groups excluding tert-OH is 2. The summed E-state index contributed by atoms with van der Waals surface area (Å²) in [6.45, 7) is -0.524. The fourth-order valence-electron chi connectivity index (χ4n) is 1.35. The lowest BCUT2D eigenvalue weighted by Gasteiger charge is -2.06. The molecule has 1 heterocycles. The zero-order chi connectivity index (χ0) is 10.1. The zero-order valence-corrected chi connectivity index (χ0v) is 7.25. The summed E-state index contributed by atoms with van der Waals surface area (Å²) >= 11 is 0. The molecule has 1 aromatic carbocycles. The Morgan fingerprint density at radius 1 is 1.43 bits per heavy atom. The van der Waals surface area contributed by atoms with Gasteiger partial charge in [-0.3, -0.25) is 0 Å². The molecule has 0 bridgehead atoms. The maximum atomic E-state index is 11.3. The molecule has 2 aromatic rings. The normalized spacial score (nSPS) is 13.3. The Balaban J connectivity index is 2.74. The second kappa shape index (κ2) is 3.28. The lowest BCUT2D eigenvalue weighted by atomic mass is 10.3. The predicted octanol–water partition coefficient (Wildman–Crippen LogP) is 0.0777. The Bertz CT molecular complexity index is 499. The highest BCUT2D eigenvalue weighted by Crippen LogP contribution is 2.14. The second-order valence-electron chi connectivity index (χ2n) is 2.87. The van der Waals surface area contributed by atoms with E-state index in [1.165, 1.54) is 0 Å². The number of fused-ring (bicyclic) bond motifs is 1. The molecule has 0 aliphatic heterocycles. The van der Waals surface area contributed by atoms with Crippen molar-refractivity contribution in [3.63, 3.8) is 0 Å². The van der Waals surface area contributed by atoms with Gasteiger partial charge in [0.25, 0.3) is 0 Å². The number of hydrogen-bond acceptors (Lipinski definition) is 4. The fourth-order valence-corrected chi connectivity index (χ4v) is 1.35. The molecule has 0 aliphatic carbocycles. The Morgan fingerprint density at radius 2 is 2.14 bits per heavy atom. The van der Waals surface area contributed by atoms with Crippen molar-refractivity contribution < 1.29 is 14.6 Å². The van der Waals surface area contributed by atoms with Gasteiger partial charge in [-0.05, 0) is 12.1 Å². The van der Waals surface area contributed by atoms with E-state index in [-0.39, 0.29) is 0 Å². The SMILES string of the molecule is O=c1oc2ccccc2n1C(O)CO. The number of nitrogens with zero attached hydrogens (tertiary/aromatic N) is 1. The van der Waals surface area contributed by atoms with Crippen LogP contribution in [0.3, 0.4) is 0 Å². The number of rotatable bonds is 2. The molecule has 74 valence electrons. The number of benzene rings is 1. The van der Waals surface area contributed by atoms with Crippen LogP contribution in [0.25, 0.3) is 11.1 Å². The van der Waals surface area contributed by atoms with Crippen LogP contribution < -0.4 is 5.76 Å². The van der Waals surface area contributed by atoms with E-state index in [9.17, 15) is 9.90 Å². The molecule has 0 amide bonds. The third-order valence-corrected chi connectivity index (χ3v) is 1.98. The predicted molar refractivity (Wildman–Crippen MR) is 48.8 cm³/mol. The van der Waals surface area contributed by atoms with E-state index in [0.717, 1.165) is 4.57 Å². The monoisotopic (exact) mass is 195 g/mol. The number of para-hydroxylation sites is 2. The van der Waals surface area contributed by atoms with Crippen LogP contribution >= 0.6 is 0 Å². The summed E-state index contributed by atoms with van der Waals surface area (Å²) in [5.74, 6) is -0.673. The van der Waals surface area contributed by atoms with Crippen molar-refractivity contribution in [2.45, 2.75) is 6.23 Å². The fraction of sp³-hybridized carbons (Fsp3) is 0.222. The lowest BCUT2D eigenvalue weighted by Crippen LogP contribution is -2.22. The van der Waals surface area contributed by atoms with E-state index in [2.05, 4.69) is 0 Å². The molecule has 1 atom stereocenters. The summed E-state index contributed by atoms with van der Waals surface area (Å²) in [6, 6.07) is 6.70. The molecule has 0 saturated heterocycles. The van der Waals surface area contributed by atoms with E-state index >= 15 is 0 Å². The van der Waals surface area contributed by atoms with E-state index in [0.29, 0.717) is 11.1 Å². The summed E-state index contributed by atoms with van der Waals surface area (Å²) in [4.78, 5) is 11.3. The number of aliphatic hydroxyl groups is 2. The molecule has 2 rings (SSSR count). The molecule has 2 N–H and O–H groups in total. The van der Waals surface area contributed by atoms with Gasteiger partial charge >= 0.3 is 5.76 Å². The molecule has 5 heteroatoms. The minimum atomic E-state index is -1.26. The highest BCUT2D eigenvalue weighted by Gasteiger charge is 2.14. The molecule has 0 fully saturated rings. The van der Waals surface area contributed by atoms with Crippen LogP contribution in [0.5, 0.6) is 0 Å². The van der Waals surface area contributed by atoms with Gasteiger partial charge in [-0.15, -0.1) is 0 Å². The number of hydrogen-bond donors (Lipinski definition) is 2. The molecule has 1 unspecified atom stereocenters. The Labute approximate surface area is 78.8 Å². The van der Waals surface area contributed by atoms with Gasteiger partial charge in [-0.2, -0.15) is 0 Å². The van der Waals surface area contributed by atoms with Crippen LogP contribution in [-0.2, 0) is 0 Å². The average molecular weight is 195 g/mol. The van der Waals surface area contributed by atoms with Gasteiger partial charge in [-0.25, -0.2) is 9.36 Å². The van der Waals surface area contributed by atoms with E-state index in [1.54, 1.807) is 24.3 Å². The van der Waals surface area contributed by atoms with Gasteiger partial charge < -0.3 is 14.6 Å². The van der Waals surface area contributed by atoms with Crippen molar-refractivity contribution in [2.75, 3.05) is 6.61 Å². The Morgan fingerprint density at radius 3 is 2.86 bits per heavy atom. The average Bonchev–Trinajstić information content (AvgIpc) is 2.53. The molecule has 5 nitrogen and oxygen atoms in total. The maximum Gasteiger partial charge on any atom is 0.422 e. The van der Waals surface area contributed by atoms with E-state index in [4.69, 9.17) is 9.52 Å². The van der Waals surface area contributed by atoms with Crippen molar-refractivity contribution in [3.05, 3.63) is 34.8 Å². The van der Waals surface area contributed by atoms with Crippen LogP contribution in [0.4, 0.5) is 0 Å². The van der Waals surface area contributed by atoms with Crippen LogP contribution in [0, 0.1) is 0 Å². The molecule has 0 spiro atoms. The molecule has 0 radical (unpaired) electrons. The number of oxazole rings is 1. The van der Waals surface area contributed by atoms with Crippen molar-refractivity contribution >= 4 is 11.1 Å². The van der Waals surface area contributed by atoms with Crippen LogP contribution in [0.15, 0.2) is 33.5 Å². The molecular formula is C9H9NO4. The minimum absolute atomic E-state index is 0.394.